The highest BCUT2D eigenvalue weighted by Gasteiger charge is 2.49. The molecule has 1 saturated carbocycles. The van der Waals surface area contributed by atoms with Crippen LogP contribution in [0.2, 0.25) is 0 Å². The van der Waals surface area contributed by atoms with Crippen LogP contribution in [0.4, 0.5) is 0 Å². The third-order valence-corrected chi connectivity index (χ3v) is 6.29. The van der Waals surface area contributed by atoms with Crippen LogP contribution in [0.3, 0.4) is 0 Å². The van der Waals surface area contributed by atoms with E-state index in [0.717, 1.165) is 18.4 Å². The number of rotatable bonds is 3. The van der Waals surface area contributed by atoms with Gasteiger partial charge in [-0.25, -0.2) is 0 Å². The van der Waals surface area contributed by atoms with Crippen LogP contribution in [0.5, 0.6) is 0 Å². The molecule has 2 heteroatoms. The highest BCUT2D eigenvalue weighted by atomic mass is 16.1. The second kappa shape index (κ2) is 5.55. The predicted octanol–water partition coefficient (Wildman–Crippen LogP) is 3.64. The van der Waals surface area contributed by atoms with Crippen LogP contribution in [0, 0.1) is 17.8 Å². The molecule has 2 heterocycles. The van der Waals surface area contributed by atoms with E-state index >= 15 is 0 Å². The van der Waals surface area contributed by atoms with Crippen molar-refractivity contribution in [1.82, 2.24) is 4.90 Å². The number of fused-ring (bicyclic) bond motifs is 2. The lowest BCUT2D eigenvalue weighted by molar-refractivity contribution is -0.130. The van der Waals surface area contributed by atoms with Gasteiger partial charge in [0, 0.05) is 24.4 Å². The highest BCUT2D eigenvalue weighted by molar-refractivity contribution is 5.82. The minimum absolute atomic E-state index is 0.358. The molecule has 0 aromatic carbocycles. The van der Waals surface area contributed by atoms with Gasteiger partial charge in [0.05, 0.1) is 0 Å². The smallest absolute Gasteiger partial charge is 0.137 e. The molecule has 0 aromatic heterocycles. The number of piperidine rings is 1. The second-order valence-corrected chi connectivity index (χ2v) is 7.11. The first-order valence-corrected chi connectivity index (χ1v) is 8.47. The third kappa shape index (κ3) is 2.37. The minimum atomic E-state index is 0.358. The summed E-state index contributed by atoms with van der Waals surface area (Å²) < 4.78 is 0. The summed E-state index contributed by atoms with van der Waals surface area (Å²) in [5.41, 5.74) is 0. The molecule has 4 atom stereocenters. The van der Waals surface area contributed by atoms with Gasteiger partial charge >= 0.3 is 0 Å². The van der Waals surface area contributed by atoms with Gasteiger partial charge in [-0.2, -0.15) is 0 Å². The first-order valence-electron chi connectivity index (χ1n) is 8.47. The number of ketones is 1. The molecule has 0 radical (unpaired) electrons. The number of hydrogen-bond acceptors (Lipinski definition) is 2. The highest BCUT2D eigenvalue weighted by Crippen LogP contribution is 2.48. The molecule has 2 bridgehead atoms. The van der Waals surface area contributed by atoms with E-state index < -0.39 is 0 Å². The Morgan fingerprint density at radius 1 is 1.11 bits per heavy atom. The average molecular weight is 263 g/mol. The Hall–Kier alpha value is -0.370. The van der Waals surface area contributed by atoms with E-state index in [0.29, 0.717) is 23.7 Å². The molecule has 0 spiro atoms. The Balaban J connectivity index is 1.82. The van der Waals surface area contributed by atoms with Gasteiger partial charge in [0.1, 0.15) is 5.78 Å². The second-order valence-electron chi connectivity index (χ2n) is 7.11. The van der Waals surface area contributed by atoms with Crippen LogP contribution < -0.4 is 0 Å². The summed E-state index contributed by atoms with van der Waals surface area (Å²) in [7, 11) is 2.26. The quantitative estimate of drug-likeness (QED) is 0.774. The molecule has 0 amide bonds. The fourth-order valence-electron chi connectivity index (χ4n) is 5.24. The molecule has 0 N–H and O–H groups in total. The molecule has 2 nitrogen and oxygen atoms in total. The maximum atomic E-state index is 12.5. The SMILES string of the molecule is CCC(=O)[C@@H]1[C@@H](C2CCCCC2)C[C@@H]2CC[C@H]1N2C. The topological polar surface area (TPSA) is 20.3 Å². The first-order chi connectivity index (χ1) is 9.22. The average Bonchev–Trinajstić information content (AvgIpc) is 2.70. The van der Waals surface area contributed by atoms with Crippen LogP contribution in [-0.2, 0) is 4.79 Å². The monoisotopic (exact) mass is 263 g/mol. The zero-order valence-electron chi connectivity index (χ0n) is 12.6. The van der Waals surface area contributed by atoms with Crippen molar-refractivity contribution in [3.63, 3.8) is 0 Å². The van der Waals surface area contributed by atoms with Crippen LogP contribution in [0.25, 0.3) is 0 Å². The number of nitrogens with zero attached hydrogens (tertiary/aromatic N) is 1. The van der Waals surface area contributed by atoms with Crippen molar-refractivity contribution in [3.05, 3.63) is 0 Å². The Kier molecular flexibility index (Phi) is 3.98. The van der Waals surface area contributed by atoms with E-state index in [1.165, 1.54) is 51.4 Å². The summed E-state index contributed by atoms with van der Waals surface area (Å²) in [6, 6.07) is 1.34. The minimum Gasteiger partial charge on any atom is -0.300 e. The van der Waals surface area contributed by atoms with E-state index in [1.54, 1.807) is 0 Å². The number of carbonyl (C=O) groups is 1. The van der Waals surface area contributed by atoms with Gasteiger partial charge in [-0.15, -0.1) is 0 Å². The summed E-state index contributed by atoms with van der Waals surface area (Å²) in [4.78, 5) is 15.1. The van der Waals surface area contributed by atoms with Gasteiger partial charge in [0.2, 0.25) is 0 Å². The molecule has 2 saturated heterocycles. The first kappa shape index (κ1) is 13.6. The lowest BCUT2D eigenvalue weighted by Gasteiger charge is -2.46. The molecule has 19 heavy (non-hydrogen) atoms. The summed E-state index contributed by atoms with van der Waals surface area (Å²) in [6.07, 6.45) is 11.6. The van der Waals surface area contributed by atoms with Crippen LogP contribution in [-0.4, -0.2) is 29.8 Å². The van der Waals surface area contributed by atoms with E-state index in [1.807, 2.05) is 0 Å². The van der Waals surface area contributed by atoms with E-state index in [4.69, 9.17) is 0 Å². The van der Waals surface area contributed by atoms with Crippen molar-refractivity contribution in [2.45, 2.75) is 76.8 Å². The summed E-state index contributed by atoms with van der Waals surface area (Å²) in [6.45, 7) is 2.06. The van der Waals surface area contributed by atoms with E-state index in [2.05, 4.69) is 18.9 Å². The zero-order valence-corrected chi connectivity index (χ0v) is 12.6. The van der Waals surface area contributed by atoms with E-state index in [-0.39, 0.29) is 0 Å². The summed E-state index contributed by atoms with van der Waals surface area (Å²) in [5, 5.41) is 0. The van der Waals surface area contributed by atoms with Crippen molar-refractivity contribution in [2.24, 2.45) is 17.8 Å². The molecule has 108 valence electrons. The number of hydrogen-bond donors (Lipinski definition) is 0. The van der Waals surface area contributed by atoms with Gasteiger partial charge in [-0.3, -0.25) is 9.69 Å². The molecular formula is C17H29NO. The Labute approximate surface area is 117 Å². The zero-order chi connectivity index (χ0) is 13.4. The molecule has 0 unspecified atom stereocenters. The van der Waals surface area contributed by atoms with Crippen molar-refractivity contribution in [3.8, 4) is 0 Å². The van der Waals surface area contributed by atoms with Gasteiger partial charge in [0.15, 0.2) is 0 Å². The van der Waals surface area contributed by atoms with Crippen molar-refractivity contribution >= 4 is 5.78 Å². The maximum absolute atomic E-state index is 12.5. The van der Waals surface area contributed by atoms with Gasteiger partial charge in [0.25, 0.3) is 0 Å². The lowest BCUT2D eigenvalue weighted by atomic mass is 9.67. The fraction of sp³-hybridized carbons (Fsp3) is 0.941. The van der Waals surface area contributed by atoms with E-state index in [9.17, 15) is 4.79 Å². The lowest BCUT2D eigenvalue weighted by Crippen LogP contribution is -2.51. The Morgan fingerprint density at radius 3 is 2.53 bits per heavy atom. The molecule has 2 aliphatic heterocycles. The molecule has 0 aromatic rings. The number of carbonyl (C=O) groups excluding carboxylic acids is 1. The fourth-order valence-corrected chi connectivity index (χ4v) is 5.24. The number of Topliss-reactive ketones (excluding diaryl/α,β-unsaturated/α-hetero) is 1. The maximum Gasteiger partial charge on any atom is 0.137 e. The molecular weight excluding hydrogens is 234 g/mol. The van der Waals surface area contributed by atoms with Gasteiger partial charge in [-0.1, -0.05) is 39.0 Å². The van der Waals surface area contributed by atoms with Crippen LogP contribution in [0.15, 0.2) is 0 Å². The Bertz CT molecular complexity index is 334. The van der Waals surface area contributed by atoms with Gasteiger partial charge in [-0.05, 0) is 38.1 Å². The van der Waals surface area contributed by atoms with Gasteiger partial charge < -0.3 is 0 Å². The molecule has 3 aliphatic rings. The largest absolute Gasteiger partial charge is 0.300 e. The molecule has 1 aliphatic carbocycles. The van der Waals surface area contributed by atoms with Crippen LogP contribution >= 0.6 is 0 Å². The standard InChI is InChI=1S/C17H29NO/c1-3-16(19)17-14(12-7-5-4-6-8-12)11-13-9-10-15(17)18(13)2/h12-15,17H,3-11H2,1-2H3/t13-,14+,15+,17+/m0/s1. The van der Waals surface area contributed by atoms with Crippen LogP contribution in [0.1, 0.15) is 64.7 Å². The normalized spacial score (nSPS) is 40.5. The summed E-state index contributed by atoms with van der Waals surface area (Å²) in [5.74, 6) is 2.47. The predicted molar refractivity (Wildman–Crippen MR) is 78.0 cm³/mol. The van der Waals surface area contributed by atoms with Crippen molar-refractivity contribution in [1.29, 1.82) is 0 Å². The molecule has 3 fully saturated rings. The third-order valence-electron chi connectivity index (χ3n) is 6.29. The summed E-state index contributed by atoms with van der Waals surface area (Å²) >= 11 is 0. The van der Waals surface area contributed by atoms with Crippen molar-refractivity contribution < 1.29 is 4.79 Å². The molecule has 3 rings (SSSR count). The Morgan fingerprint density at radius 2 is 1.84 bits per heavy atom. The van der Waals surface area contributed by atoms with Crippen molar-refractivity contribution in [2.75, 3.05) is 7.05 Å².